The van der Waals surface area contributed by atoms with Crippen molar-refractivity contribution in [1.82, 2.24) is 15.1 Å². The molecule has 1 amide bonds. The van der Waals surface area contributed by atoms with Gasteiger partial charge in [-0.2, -0.15) is 16.4 Å². The van der Waals surface area contributed by atoms with Crippen molar-refractivity contribution in [2.24, 2.45) is 0 Å². The van der Waals surface area contributed by atoms with Gasteiger partial charge in [0, 0.05) is 11.8 Å². The molecule has 24 heavy (non-hydrogen) atoms. The second-order valence-corrected chi connectivity index (χ2v) is 6.38. The highest BCUT2D eigenvalue weighted by molar-refractivity contribution is 7.07. The van der Waals surface area contributed by atoms with E-state index in [0.717, 1.165) is 16.5 Å². The van der Waals surface area contributed by atoms with Crippen LogP contribution < -0.4 is 5.32 Å². The summed E-state index contributed by atoms with van der Waals surface area (Å²) in [5.41, 5.74) is 1.94. The minimum Gasteiger partial charge on any atom is -0.426 e. The van der Waals surface area contributed by atoms with Crippen LogP contribution >= 0.6 is 11.3 Å². The summed E-state index contributed by atoms with van der Waals surface area (Å²) < 4.78 is 1.78. The second-order valence-electron chi connectivity index (χ2n) is 5.60. The molecule has 0 fully saturated rings. The van der Waals surface area contributed by atoms with Gasteiger partial charge in [-0.3, -0.25) is 9.48 Å². The van der Waals surface area contributed by atoms with Gasteiger partial charge in [-0.05, 0) is 34.9 Å². The Kier molecular flexibility index (Phi) is 5.29. The summed E-state index contributed by atoms with van der Waals surface area (Å²) in [5.74, 6) is -0.954. The van der Waals surface area contributed by atoms with Crippen molar-refractivity contribution in [2.75, 3.05) is 0 Å². The molecule has 0 radical (unpaired) electrons. The Hall–Kier alpha value is -2.16. The van der Waals surface area contributed by atoms with E-state index < -0.39 is 13.1 Å². The molecule has 2 heterocycles. The number of carbonyl (C=O) groups is 1. The summed E-state index contributed by atoms with van der Waals surface area (Å²) in [6, 6.07) is 9.70. The van der Waals surface area contributed by atoms with Gasteiger partial charge < -0.3 is 15.4 Å². The Morgan fingerprint density at radius 1 is 1.33 bits per heavy atom. The van der Waals surface area contributed by atoms with Crippen LogP contribution in [-0.2, 0) is 17.8 Å². The molecule has 0 spiro atoms. The number of hydrogen-bond donors (Lipinski definition) is 3. The average molecular weight is 343 g/mol. The molecule has 0 saturated carbocycles. The largest absolute Gasteiger partial charge is 0.475 e. The first-order valence-electron chi connectivity index (χ1n) is 7.70. The molecule has 0 unspecified atom stereocenters. The minimum atomic E-state index is -1.60. The van der Waals surface area contributed by atoms with E-state index in [-0.39, 0.29) is 12.3 Å². The van der Waals surface area contributed by atoms with Gasteiger partial charge in [0.2, 0.25) is 5.91 Å². The van der Waals surface area contributed by atoms with Crippen molar-refractivity contribution in [1.29, 1.82) is 0 Å². The lowest BCUT2D eigenvalue weighted by molar-refractivity contribution is -0.121. The quantitative estimate of drug-likeness (QED) is 0.563. The topological polar surface area (TPSA) is 87.4 Å². The van der Waals surface area contributed by atoms with Crippen molar-refractivity contribution in [3.8, 4) is 0 Å². The fraction of sp³-hybridized carbons (Fsp3) is 0.250. The number of amides is 1. The lowest BCUT2D eigenvalue weighted by Crippen LogP contribution is -2.48. The van der Waals surface area contributed by atoms with E-state index in [1.807, 2.05) is 41.1 Å². The van der Waals surface area contributed by atoms with Crippen molar-refractivity contribution in [3.05, 3.63) is 52.9 Å². The van der Waals surface area contributed by atoms with Gasteiger partial charge in [0.1, 0.15) is 0 Å². The average Bonchev–Trinajstić information content (AvgIpc) is 3.21. The summed E-state index contributed by atoms with van der Waals surface area (Å²) in [4.78, 5) is 12.1. The highest BCUT2D eigenvalue weighted by Gasteiger charge is 2.25. The van der Waals surface area contributed by atoms with E-state index in [2.05, 4.69) is 10.4 Å². The molecular formula is C16H18BN3O3S. The monoisotopic (exact) mass is 343 g/mol. The summed E-state index contributed by atoms with van der Waals surface area (Å²) in [7, 11) is -1.60. The number of thiophene rings is 1. The van der Waals surface area contributed by atoms with Gasteiger partial charge in [0.25, 0.3) is 0 Å². The number of nitrogens with zero attached hydrogens (tertiary/aromatic N) is 2. The molecule has 3 N–H and O–H groups in total. The molecule has 0 saturated heterocycles. The molecule has 1 aromatic carbocycles. The number of nitrogens with one attached hydrogen (secondary N) is 1. The van der Waals surface area contributed by atoms with E-state index in [1.165, 1.54) is 11.3 Å². The molecule has 3 rings (SSSR count). The van der Waals surface area contributed by atoms with Crippen LogP contribution in [0.15, 0.2) is 47.3 Å². The van der Waals surface area contributed by atoms with Crippen molar-refractivity contribution >= 4 is 35.3 Å². The van der Waals surface area contributed by atoms with Crippen LogP contribution in [0, 0.1) is 0 Å². The minimum absolute atomic E-state index is 0.221. The smallest absolute Gasteiger partial charge is 0.426 e. The van der Waals surface area contributed by atoms with Gasteiger partial charge in [-0.15, -0.1) is 0 Å². The van der Waals surface area contributed by atoms with E-state index in [9.17, 15) is 14.8 Å². The molecule has 2 aromatic heterocycles. The Balaban J connectivity index is 1.57. The summed E-state index contributed by atoms with van der Waals surface area (Å²) in [5, 5.41) is 30.8. The molecule has 0 aliphatic heterocycles. The van der Waals surface area contributed by atoms with E-state index in [0.29, 0.717) is 13.0 Å². The first-order chi connectivity index (χ1) is 11.6. The van der Waals surface area contributed by atoms with Gasteiger partial charge in [-0.1, -0.05) is 18.2 Å². The van der Waals surface area contributed by atoms with Gasteiger partial charge in [0.15, 0.2) is 0 Å². The number of carbonyl (C=O) groups excluding carboxylic acids is 1. The molecule has 124 valence electrons. The van der Waals surface area contributed by atoms with E-state index in [1.54, 1.807) is 10.9 Å². The maximum absolute atomic E-state index is 12.1. The van der Waals surface area contributed by atoms with Gasteiger partial charge in [-0.25, -0.2) is 0 Å². The van der Waals surface area contributed by atoms with Crippen LogP contribution in [0.3, 0.4) is 0 Å². The predicted molar refractivity (Wildman–Crippen MR) is 94.5 cm³/mol. The van der Waals surface area contributed by atoms with Crippen LogP contribution in [0.2, 0.25) is 0 Å². The standard InChI is InChI=1S/C16H18BN3O3S/c21-16(19-15(17(22)23)9-12-6-8-24-11-12)5-7-20-14-4-2-1-3-13(14)10-18-20/h1-4,6,8,10-11,15,22-23H,5,7,9H2,(H,19,21)/t15-/m0/s1. The normalized spacial score (nSPS) is 12.2. The predicted octanol–water partition coefficient (Wildman–Crippen LogP) is 1.23. The Morgan fingerprint density at radius 2 is 2.17 bits per heavy atom. The number of rotatable bonds is 7. The number of aryl methyl sites for hydroxylation is 1. The fourth-order valence-corrected chi connectivity index (χ4v) is 3.27. The highest BCUT2D eigenvalue weighted by Crippen LogP contribution is 2.13. The van der Waals surface area contributed by atoms with Crippen LogP contribution in [-0.4, -0.2) is 38.8 Å². The highest BCUT2D eigenvalue weighted by atomic mass is 32.1. The number of para-hydroxylation sites is 1. The SMILES string of the molecule is O=C(CCn1ncc2ccccc21)N[C@@H](Cc1ccsc1)B(O)O. The molecule has 6 nitrogen and oxygen atoms in total. The Bertz CT molecular complexity index is 804. The summed E-state index contributed by atoms with van der Waals surface area (Å²) in [6.45, 7) is 0.437. The lowest BCUT2D eigenvalue weighted by atomic mass is 9.76. The summed E-state index contributed by atoms with van der Waals surface area (Å²) >= 11 is 1.53. The molecule has 0 bridgehead atoms. The van der Waals surface area contributed by atoms with Crippen LogP contribution in [0.1, 0.15) is 12.0 Å². The third-order valence-electron chi connectivity index (χ3n) is 3.84. The Morgan fingerprint density at radius 3 is 2.92 bits per heavy atom. The fourth-order valence-electron chi connectivity index (χ4n) is 2.58. The van der Waals surface area contributed by atoms with Crippen LogP contribution in [0.4, 0.5) is 0 Å². The number of aromatic nitrogens is 2. The first kappa shape index (κ1) is 16.7. The molecule has 0 aliphatic rings. The molecule has 1 atom stereocenters. The third-order valence-corrected chi connectivity index (χ3v) is 4.58. The third kappa shape index (κ3) is 4.02. The Labute approximate surface area is 143 Å². The van der Waals surface area contributed by atoms with Crippen molar-refractivity contribution in [2.45, 2.75) is 25.3 Å². The van der Waals surface area contributed by atoms with Crippen LogP contribution in [0.25, 0.3) is 10.9 Å². The first-order valence-corrected chi connectivity index (χ1v) is 8.65. The molecule has 8 heteroatoms. The van der Waals surface area contributed by atoms with E-state index in [4.69, 9.17) is 0 Å². The lowest BCUT2D eigenvalue weighted by Gasteiger charge is -2.17. The van der Waals surface area contributed by atoms with Crippen molar-refractivity contribution < 1.29 is 14.8 Å². The van der Waals surface area contributed by atoms with Crippen LogP contribution in [0.5, 0.6) is 0 Å². The number of benzene rings is 1. The van der Waals surface area contributed by atoms with Gasteiger partial charge in [0.05, 0.1) is 24.2 Å². The zero-order chi connectivity index (χ0) is 16.9. The maximum Gasteiger partial charge on any atom is 0.475 e. The zero-order valence-electron chi connectivity index (χ0n) is 13.0. The van der Waals surface area contributed by atoms with Crippen molar-refractivity contribution in [3.63, 3.8) is 0 Å². The molecule has 0 aliphatic carbocycles. The molecular weight excluding hydrogens is 325 g/mol. The summed E-state index contributed by atoms with van der Waals surface area (Å²) in [6.07, 6.45) is 2.38. The van der Waals surface area contributed by atoms with Gasteiger partial charge >= 0.3 is 7.12 Å². The number of fused-ring (bicyclic) bond motifs is 1. The molecule has 3 aromatic rings. The second kappa shape index (κ2) is 7.61. The van der Waals surface area contributed by atoms with E-state index >= 15 is 0 Å². The zero-order valence-corrected chi connectivity index (χ0v) is 13.8. The number of hydrogen-bond acceptors (Lipinski definition) is 5. The maximum atomic E-state index is 12.1.